The molecular weight excluding hydrogens is 314 g/mol. The Morgan fingerprint density at radius 3 is 2.25 bits per heavy atom. The van der Waals surface area contributed by atoms with Crippen LogP contribution in [-0.2, 0) is 11.2 Å². The van der Waals surface area contributed by atoms with E-state index in [9.17, 15) is 20.0 Å². The zero-order valence-corrected chi connectivity index (χ0v) is 13.3. The molecule has 0 aliphatic carbocycles. The minimum Gasteiger partial charge on any atom is -0.493 e. The Labute approximate surface area is 138 Å². The lowest BCUT2D eigenvalue weighted by atomic mass is 9.91. The molecule has 2 aromatic rings. The number of aliphatic carboxylic acids is 1. The van der Waals surface area contributed by atoms with Crippen LogP contribution in [0.25, 0.3) is 0 Å². The normalized spacial score (nSPS) is 11.6. The number of nitro groups is 1. The summed E-state index contributed by atoms with van der Waals surface area (Å²) in [5, 5.41) is 20.2. The number of non-ortho nitro benzene ring substituents is 1. The van der Waals surface area contributed by atoms with Crippen LogP contribution >= 0.6 is 0 Å². The van der Waals surface area contributed by atoms with Gasteiger partial charge in [-0.25, -0.2) is 0 Å². The van der Waals surface area contributed by atoms with Gasteiger partial charge in [0.15, 0.2) is 11.5 Å². The highest BCUT2D eigenvalue weighted by Crippen LogP contribution is 2.32. The SMILES string of the molecule is COc1ccc(C(Cc2ccc([N+](=O)[O-])cc2)C(=O)O)cc1OC. The fraction of sp³-hybridized carbons (Fsp3) is 0.235. The smallest absolute Gasteiger partial charge is 0.311 e. The van der Waals surface area contributed by atoms with E-state index < -0.39 is 16.8 Å². The van der Waals surface area contributed by atoms with E-state index in [0.29, 0.717) is 22.6 Å². The monoisotopic (exact) mass is 331 g/mol. The van der Waals surface area contributed by atoms with Gasteiger partial charge < -0.3 is 14.6 Å². The van der Waals surface area contributed by atoms with Crippen molar-refractivity contribution in [3.63, 3.8) is 0 Å². The van der Waals surface area contributed by atoms with Crippen LogP contribution in [0, 0.1) is 10.1 Å². The van der Waals surface area contributed by atoms with Gasteiger partial charge in [-0.2, -0.15) is 0 Å². The first kappa shape index (κ1) is 17.3. The molecule has 1 atom stereocenters. The van der Waals surface area contributed by atoms with Crippen molar-refractivity contribution in [2.45, 2.75) is 12.3 Å². The number of carboxylic acids is 1. The molecule has 0 radical (unpaired) electrons. The maximum Gasteiger partial charge on any atom is 0.311 e. The molecule has 0 heterocycles. The molecule has 1 N–H and O–H groups in total. The molecule has 0 aliphatic heterocycles. The van der Waals surface area contributed by atoms with Crippen LogP contribution in [0.3, 0.4) is 0 Å². The van der Waals surface area contributed by atoms with E-state index in [-0.39, 0.29) is 12.1 Å². The van der Waals surface area contributed by atoms with Crippen molar-refractivity contribution in [3.8, 4) is 11.5 Å². The van der Waals surface area contributed by atoms with Gasteiger partial charge in [0.1, 0.15) is 0 Å². The number of methoxy groups -OCH3 is 2. The first-order chi connectivity index (χ1) is 11.5. The van der Waals surface area contributed by atoms with Crippen LogP contribution in [-0.4, -0.2) is 30.2 Å². The lowest BCUT2D eigenvalue weighted by molar-refractivity contribution is -0.384. The Kier molecular flexibility index (Phi) is 5.36. The molecular formula is C17H17NO6. The molecule has 0 amide bonds. The lowest BCUT2D eigenvalue weighted by Gasteiger charge is -2.15. The summed E-state index contributed by atoms with van der Waals surface area (Å²) in [7, 11) is 2.98. The number of nitro benzene ring substituents is 1. The van der Waals surface area contributed by atoms with E-state index in [1.165, 1.54) is 26.4 Å². The third-order valence-corrected chi connectivity index (χ3v) is 3.70. The summed E-state index contributed by atoms with van der Waals surface area (Å²) in [5.74, 6) is -0.822. The van der Waals surface area contributed by atoms with Gasteiger partial charge in [0.25, 0.3) is 5.69 Å². The van der Waals surface area contributed by atoms with Gasteiger partial charge in [-0.05, 0) is 29.7 Å². The van der Waals surface area contributed by atoms with Crippen molar-refractivity contribution in [2.24, 2.45) is 0 Å². The summed E-state index contributed by atoms with van der Waals surface area (Å²) in [6.45, 7) is 0. The van der Waals surface area contributed by atoms with Crippen molar-refractivity contribution < 1.29 is 24.3 Å². The largest absolute Gasteiger partial charge is 0.493 e. The molecule has 24 heavy (non-hydrogen) atoms. The number of benzene rings is 2. The molecule has 0 fully saturated rings. The zero-order valence-electron chi connectivity index (χ0n) is 13.3. The second-order valence-corrected chi connectivity index (χ2v) is 5.13. The summed E-state index contributed by atoms with van der Waals surface area (Å²) in [5.41, 5.74) is 1.23. The molecule has 0 saturated carbocycles. The van der Waals surface area contributed by atoms with Crippen LogP contribution in [0.1, 0.15) is 17.0 Å². The molecule has 0 spiro atoms. The van der Waals surface area contributed by atoms with Crippen LogP contribution in [0.2, 0.25) is 0 Å². The van der Waals surface area contributed by atoms with Crippen LogP contribution in [0.5, 0.6) is 11.5 Å². The zero-order chi connectivity index (χ0) is 17.7. The number of nitrogens with zero attached hydrogens (tertiary/aromatic N) is 1. The molecule has 7 nitrogen and oxygen atoms in total. The fourth-order valence-electron chi connectivity index (χ4n) is 2.41. The Morgan fingerprint density at radius 2 is 1.75 bits per heavy atom. The highest BCUT2D eigenvalue weighted by atomic mass is 16.6. The Morgan fingerprint density at radius 1 is 1.12 bits per heavy atom. The lowest BCUT2D eigenvalue weighted by Crippen LogP contribution is -2.14. The van der Waals surface area contributed by atoms with Gasteiger partial charge in [-0.1, -0.05) is 18.2 Å². The van der Waals surface area contributed by atoms with Gasteiger partial charge in [0.2, 0.25) is 0 Å². The van der Waals surface area contributed by atoms with Crippen molar-refractivity contribution in [3.05, 3.63) is 63.7 Å². The number of hydrogen-bond acceptors (Lipinski definition) is 5. The summed E-state index contributed by atoms with van der Waals surface area (Å²) >= 11 is 0. The Hall–Kier alpha value is -3.09. The van der Waals surface area contributed by atoms with Crippen molar-refractivity contribution in [2.75, 3.05) is 14.2 Å². The van der Waals surface area contributed by atoms with Gasteiger partial charge in [0.05, 0.1) is 25.1 Å². The molecule has 2 rings (SSSR count). The number of rotatable bonds is 7. The summed E-state index contributed by atoms with van der Waals surface area (Å²) in [6, 6.07) is 10.8. The molecule has 0 bridgehead atoms. The number of carbonyl (C=O) groups is 1. The van der Waals surface area contributed by atoms with Crippen LogP contribution in [0.15, 0.2) is 42.5 Å². The standard InChI is InChI=1S/C17H17NO6/c1-23-15-8-5-12(10-16(15)24-2)14(17(19)20)9-11-3-6-13(7-4-11)18(21)22/h3-8,10,14H,9H2,1-2H3,(H,19,20). The minimum absolute atomic E-state index is 0.0308. The Balaban J connectivity index is 2.29. The summed E-state index contributed by atoms with van der Waals surface area (Å²) in [4.78, 5) is 21.8. The second kappa shape index (κ2) is 7.45. The molecule has 1 unspecified atom stereocenters. The number of ether oxygens (including phenoxy) is 2. The third-order valence-electron chi connectivity index (χ3n) is 3.70. The topological polar surface area (TPSA) is 98.9 Å². The molecule has 0 aromatic heterocycles. The molecule has 0 aliphatic rings. The average molecular weight is 331 g/mol. The average Bonchev–Trinajstić information content (AvgIpc) is 2.59. The Bertz CT molecular complexity index is 741. The first-order valence-corrected chi connectivity index (χ1v) is 7.14. The van der Waals surface area contributed by atoms with Crippen LogP contribution < -0.4 is 9.47 Å². The van der Waals surface area contributed by atoms with Gasteiger partial charge in [0, 0.05) is 12.1 Å². The molecule has 0 saturated heterocycles. The van der Waals surface area contributed by atoms with Crippen molar-refractivity contribution >= 4 is 11.7 Å². The van der Waals surface area contributed by atoms with E-state index in [4.69, 9.17) is 9.47 Å². The van der Waals surface area contributed by atoms with Gasteiger partial charge in [-0.15, -0.1) is 0 Å². The maximum absolute atomic E-state index is 11.7. The van der Waals surface area contributed by atoms with Gasteiger partial charge >= 0.3 is 5.97 Å². The predicted octanol–water partition coefficient (Wildman–Crippen LogP) is 3.02. The second-order valence-electron chi connectivity index (χ2n) is 5.13. The highest BCUT2D eigenvalue weighted by Gasteiger charge is 2.22. The highest BCUT2D eigenvalue weighted by molar-refractivity contribution is 5.77. The minimum atomic E-state index is -0.986. The maximum atomic E-state index is 11.7. The predicted molar refractivity (Wildman–Crippen MR) is 86.7 cm³/mol. The molecule has 126 valence electrons. The number of hydrogen-bond donors (Lipinski definition) is 1. The van der Waals surface area contributed by atoms with Crippen molar-refractivity contribution in [1.29, 1.82) is 0 Å². The summed E-state index contributed by atoms with van der Waals surface area (Å²) in [6.07, 6.45) is 0.211. The van der Waals surface area contributed by atoms with Crippen molar-refractivity contribution in [1.82, 2.24) is 0 Å². The summed E-state index contributed by atoms with van der Waals surface area (Å²) < 4.78 is 10.4. The van der Waals surface area contributed by atoms with E-state index in [2.05, 4.69) is 0 Å². The van der Waals surface area contributed by atoms with Gasteiger partial charge in [-0.3, -0.25) is 14.9 Å². The molecule has 2 aromatic carbocycles. The molecule has 7 heteroatoms. The first-order valence-electron chi connectivity index (χ1n) is 7.14. The fourth-order valence-corrected chi connectivity index (χ4v) is 2.41. The van der Waals surface area contributed by atoms with Crippen LogP contribution in [0.4, 0.5) is 5.69 Å². The van der Waals surface area contributed by atoms with E-state index in [1.54, 1.807) is 30.3 Å². The van der Waals surface area contributed by atoms with E-state index in [0.717, 1.165) is 0 Å². The number of carboxylic acid groups (broad SMARTS) is 1. The third kappa shape index (κ3) is 3.81. The quantitative estimate of drug-likeness (QED) is 0.618. The van der Waals surface area contributed by atoms with E-state index >= 15 is 0 Å². The van der Waals surface area contributed by atoms with E-state index in [1.807, 2.05) is 0 Å².